The smallest absolute Gasteiger partial charge is 0.306 e. The van der Waals surface area contributed by atoms with Crippen LogP contribution in [0.3, 0.4) is 0 Å². The molecule has 1 amide bonds. The van der Waals surface area contributed by atoms with Crippen LogP contribution in [0.15, 0.2) is 48.5 Å². The summed E-state index contributed by atoms with van der Waals surface area (Å²) in [5.41, 5.74) is 3.47. The summed E-state index contributed by atoms with van der Waals surface area (Å²) >= 11 is 0. The Balaban J connectivity index is 1.75. The number of ketones is 1. The van der Waals surface area contributed by atoms with E-state index < -0.39 is 5.97 Å². The number of hydrogen-bond acceptors (Lipinski definition) is 4. The predicted molar refractivity (Wildman–Crippen MR) is 103 cm³/mol. The maximum atomic E-state index is 12.3. The van der Waals surface area contributed by atoms with E-state index in [2.05, 4.69) is 5.32 Å². The van der Waals surface area contributed by atoms with Crippen LogP contribution in [0.5, 0.6) is 0 Å². The Morgan fingerprint density at radius 1 is 1.00 bits per heavy atom. The standard InChI is InChI=1S/C22H25NO4/c1-15-9-10-16(2)19(13-15)20(24)11-12-22(26)27-14-21(25)23-17(3)18-7-5-4-6-8-18/h4-10,13,17H,11-12,14H2,1-3H3,(H,23,25)/t17-/m1/s1. The molecule has 5 heteroatoms. The number of hydrogen-bond donors (Lipinski definition) is 1. The van der Waals surface area contributed by atoms with E-state index in [0.29, 0.717) is 5.56 Å². The summed E-state index contributed by atoms with van der Waals surface area (Å²) in [7, 11) is 0. The third kappa shape index (κ3) is 6.37. The van der Waals surface area contributed by atoms with Crippen LogP contribution in [0.25, 0.3) is 0 Å². The van der Waals surface area contributed by atoms with Gasteiger partial charge in [-0.3, -0.25) is 14.4 Å². The van der Waals surface area contributed by atoms with Crippen LogP contribution in [-0.4, -0.2) is 24.3 Å². The average molecular weight is 367 g/mol. The Labute approximate surface area is 159 Å². The van der Waals surface area contributed by atoms with Crippen molar-refractivity contribution in [1.29, 1.82) is 0 Å². The molecule has 0 saturated carbocycles. The SMILES string of the molecule is Cc1ccc(C)c(C(=O)CCC(=O)OCC(=O)N[C@H](C)c2ccccc2)c1. The topological polar surface area (TPSA) is 72.5 Å². The Kier molecular flexibility index (Phi) is 7.29. The van der Waals surface area contributed by atoms with Gasteiger partial charge in [-0.15, -0.1) is 0 Å². The van der Waals surface area contributed by atoms with Gasteiger partial charge in [0.2, 0.25) is 0 Å². The summed E-state index contributed by atoms with van der Waals surface area (Å²) in [5.74, 6) is -1.04. The first kappa shape index (κ1) is 20.4. The fraction of sp³-hybridized carbons (Fsp3) is 0.318. The van der Waals surface area contributed by atoms with Gasteiger partial charge in [0.15, 0.2) is 12.4 Å². The molecule has 0 fully saturated rings. The molecule has 0 saturated heterocycles. The maximum Gasteiger partial charge on any atom is 0.306 e. The molecule has 1 atom stereocenters. The molecule has 0 aliphatic rings. The van der Waals surface area contributed by atoms with Gasteiger partial charge in [-0.05, 0) is 38.0 Å². The Morgan fingerprint density at radius 3 is 2.41 bits per heavy atom. The number of Topliss-reactive ketones (excluding diaryl/α,β-unsaturated/α-hetero) is 1. The first-order valence-corrected chi connectivity index (χ1v) is 8.97. The molecule has 0 aliphatic heterocycles. The van der Waals surface area contributed by atoms with E-state index in [0.717, 1.165) is 16.7 Å². The van der Waals surface area contributed by atoms with Gasteiger partial charge in [-0.2, -0.15) is 0 Å². The fourth-order valence-electron chi connectivity index (χ4n) is 2.71. The molecule has 2 rings (SSSR count). The van der Waals surface area contributed by atoms with Gasteiger partial charge in [-0.1, -0.05) is 48.0 Å². The van der Waals surface area contributed by atoms with E-state index in [4.69, 9.17) is 4.74 Å². The zero-order chi connectivity index (χ0) is 19.8. The van der Waals surface area contributed by atoms with Gasteiger partial charge < -0.3 is 10.1 Å². The quantitative estimate of drug-likeness (QED) is 0.570. The van der Waals surface area contributed by atoms with Crippen LogP contribution < -0.4 is 5.32 Å². The summed E-state index contributed by atoms with van der Waals surface area (Å²) in [6.07, 6.45) is 0.0128. The molecule has 142 valence electrons. The highest BCUT2D eigenvalue weighted by Gasteiger charge is 2.15. The normalized spacial score (nSPS) is 11.5. The second-order valence-electron chi connectivity index (χ2n) is 6.60. The van der Waals surface area contributed by atoms with E-state index in [9.17, 15) is 14.4 Å². The van der Waals surface area contributed by atoms with Gasteiger partial charge in [-0.25, -0.2) is 0 Å². The molecule has 0 heterocycles. The number of esters is 1. The molecule has 27 heavy (non-hydrogen) atoms. The molecule has 2 aromatic carbocycles. The maximum absolute atomic E-state index is 12.3. The van der Waals surface area contributed by atoms with E-state index in [1.165, 1.54) is 0 Å². The minimum absolute atomic E-state index is 0.0479. The highest BCUT2D eigenvalue weighted by Crippen LogP contribution is 2.14. The number of benzene rings is 2. The third-order valence-electron chi connectivity index (χ3n) is 4.29. The lowest BCUT2D eigenvalue weighted by molar-refractivity contribution is -0.148. The molecule has 0 aromatic heterocycles. The first-order chi connectivity index (χ1) is 12.9. The molecular weight excluding hydrogens is 342 g/mol. The van der Waals surface area contributed by atoms with Crippen molar-refractivity contribution in [2.24, 2.45) is 0 Å². The second-order valence-corrected chi connectivity index (χ2v) is 6.60. The van der Waals surface area contributed by atoms with E-state index >= 15 is 0 Å². The van der Waals surface area contributed by atoms with Crippen molar-refractivity contribution < 1.29 is 19.1 Å². The zero-order valence-corrected chi connectivity index (χ0v) is 16.0. The fourth-order valence-corrected chi connectivity index (χ4v) is 2.71. The summed E-state index contributed by atoms with van der Waals surface area (Å²) in [6.45, 7) is 5.29. The summed E-state index contributed by atoms with van der Waals surface area (Å²) in [4.78, 5) is 36.0. The van der Waals surface area contributed by atoms with Crippen LogP contribution in [0, 0.1) is 13.8 Å². The highest BCUT2D eigenvalue weighted by atomic mass is 16.5. The van der Waals surface area contributed by atoms with Crippen molar-refractivity contribution in [3.05, 3.63) is 70.8 Å². The average Bonchev–Trinajstić information content (AvgIpc) is 2.67. The largest absolute Gasteiger partial charge is 0.456 e. The van der Waals surface area contributed by atoms with Crippen molar-refractivity contribution in [2.45, 2.75) is 39.7 Å². The number of nitrogens with one attached hydrogen (secondary N) is 1. The molecule has 2 aromatic rings. The minimum Gasteiger partial charge on any atom is -0.456 e. The predicted octanol–water partition coefficient (Wildman–Crippen LogP) is 3.69. The lowest BCUT2D eigenvalue weighted by atomic mass is 9.99. The summed E-state index contributed by atoms with van der Waals surface area (Å²) in [5, 5.41) is 2.77. The van der Waals surface area contributed by atoms with Gasteiger partial charge >= 0.3 is 5.97 Å². The van der Waals surface area contributed by atoms with Crippen molar-refractivity contribution >= 4 is 17.7 Å². The molecule has 0 unspecified atom stereocenters. The zero-order valence-electron chi connectivity index (χ0n) is 16.0. The number of amides is 1. The van der Waals surface area contributed by atoms with E-state index in [-0.39, 0.29) is 37.2 Å². The Bertz CT molecular complexity index is 814. The van der Waals surface area contributed by atoms with Crippen molar-refractivity contribution in [1.82, 2.24) is 5.32 Å². The van der Waals surface area contributed by atoms with Crippen LogP contribution in [-0.2, 0) is 14.3 Å². The monoisotopic (exact) mass is 367 g/mol. The molecule has 0 bridgehead atoms. The molecule has 5 nitrogen and oxygen atoms in total. The van der Waals surface area contributed by atoms with Crippen LogP contribution in [0.1, 0.15) is 52.9 Å². The minimum atomic E-state index is -0.559. The summed E-state index contributed by atoms with van der Waals surface area (Å²) in [6, 6.07) is 15.0. The number of rotatable bonds is 8. The van der Waals surface area contributed by atoms with Gasteiger partial charge in [0, 0.05) is 12.0 Å². The van der Waals surface area contributed by atoms with Crippen LogP contribution >= 0.6 is 0 Å². The lowest BCUT2D eigenvalue weighted by Crippen LogP contribution is -2.31. The summed E-state index contributed by atoms with van der Waals surface area (Å²) < 4.78 is 4.98. The molecule has 1 N–H and O–H groups in total. The first-order valence-electron chi connectivity index (χ1n) is 8.97. The highest BCUT2D eigenvalue weighted by molar-refractivity contribution is 5.99. The third-order valence-corrected chi connectivity index (χ3v) is 4.29. The van der Waals surface area contributed by atoms with Crippen molar-refractivity contribution in [3.63, 3.8) is 0 Å². The Morgan fingerprint density at radius 2 is 1.70 bits per heavy atom. The molecular formula is C22H25NO4. The van der Waals surface area contributed by atoms with Gasteiger partial charge in [0.25, 0.3) is 5.91 Å². The Hall–Kier alpha value is -2.95. The van der Waals surface area contributed by atoms with E-state index in [1.807, 2.05) is 69.3 Å². The van der Waals surface area contributed by atoms with E-state index in [1.54, 1.807) is 0 Å². The lowest BCUT2D eigenvalue weighted by Gasteiger charge is -2.14. The van der Waals surface area contributed by atoms with Crippen molar-refractivity contribution in [3.8, 4) is 0 Å². The molecule has 0 aliphatic carbocycles. The van der Waals surface area contributed by atoms with Crippen LogP contribution in [0.2, 0.25) is 0 Å². The van der Waals surface area contributed by atoms with Crippen molar-refractivity contribution in [2.75, 3.05) is 6.61 Å². The van der Waals surface area contributed by atoms with Crippen LogP contribution in [0.4, 0.5) is 0 Å². The molecule has 0 radical (unpaired) electrons. The number of carbonyl (C=O) groups excluding carboxylic acids is 3. The number of aryl methyl sites for hydroxylation is 2. The number of ether oxygens (including phenoxy) is 1. The second kappa shape index (κ2) is 9.67. The number of carbonyl (C=O) groups is 3. The van der Waals surface area contributed by atoms with Gasteiger partial charge in [0.1, 0.15) is 0 Å². The molecule has 0 spiro atoms. The van der Waals surface area contributed by atoms with Gasteiger partial charge in [0.05, 0.1) is 12.5 Å².